The molecule has 3 amide bonds. The zero-order chi connectivity index (χ0) is 24.2. The van der Waals surface area contributed by atoms with Crippen LogP contribution in [0, 0.1) is 0 Å². The molecule has 1 aliphatic carbocycles. The van der Waals surface area contributed by atoms with Gasteiger partial charge >= 0.3 is 6.03 Å². The second-order valence-corrected chi connectivity index (χ2v) is 9.70. The summed E-state index contributed by atoms with van der Waals surface area (Å²) in [6.45, 7) is 0.276. The predicted octanol–water partition coefficient (Wildman–Crippen LogP) is 3.45. The second-order valence-electron chi connectivity index (χ2n) is 9.70. The number of aliphatic hydroxyl groups is 1. The van der Waals surface area contributed by atoms with Crippen LogP contribution in [0.4, 0.5) is 10.5 Å². The first kappa shape index (κ1) is 23.6. The van der Waals surface area contributed by atoms with Crippen molar-refractivity contribution in [3.05, 3.63) is 59.7 Å². The van der Waals surface area contributed by atoms with Crippen LogP contribution in [0.1, 0.15) is 55.6 Å². The summed E-state index contributed by atoms with van der Waals surface area (Å²) in [4.78, 5) is 25.0. The molecule has 5 rings (SSSR count). The molecule has 8 heteroatoms. The number of nitrogens with one attached hydrogen (secondary N) is 3. The van der Waals surface area contributed by atoms with Gasteiger partial charge in [-0.05, 0) is 43.0 Å². The molecule has 0 unspecified atom stereocenters. The largest absolute Gasteiger partial charge is 0.487 e. The first-order valence-electron chi connectivity index (χ1n) is 12.5. The van der Waals surface area contributed by atoms with Gasteiger partial charge in [-0.3, -0.25) is 4.79 Å². The van der Waals surface area contributed by atoms with E-state index in [4.69, 9.17) is 9.47 Å². The summed E-state index contributed by atoms with van der Waals surface area (Å²) in [5.74, 6) is 0.618. The van der Waals surface area contributed by atoms with Crippen LogP contribution in [0.3, 0.4) is 0 Å². The number of benzene rings is 2. The monoisotopic (exact) mass is 479 g/mol. The van der Waals surface area contributed by atoms with Gasteiger partial charge in [0.2, 0.25) is 5.91 Å². The number of hydrogen-bond acceptors (Lipinski definition) is 5. The maximum Gasteiger partial charge on any atom is 0.319 e. The van der Waals surface area contributed by atoms with Gasteiger partial charge in [-0.25, -0.2) is 4.79 Å². The van der Waals surface area contributed by atoms with Crippen LogP contribution in [0.15, 0.2) is 48.5 Å². The number of anilines is 1. The van der Waals surface area contributed by atoms with E-state index in [0.29, 0.717) is 18.7 Å². The number of ether oxygens (including phenoxy) is 2. The Morgan fingerprint density at radius 3 is 2.63 bits per heavy atom. The van der Waals surface area contributed by atoms with Crippen LogP contribution in [0.2, 0.25) is 0 Å². The van der Waals surface area contributed by atoms with Crippen molar-refractivity contribution >= 4 is 17.6 Å². The summed E-state index contributed by atoms with van der Waals surface area (Å²) in [5.41, 5.74) is 2.71. The zero-order valence-corrected chi connectivity index (χ0v) is 19.7. The van der Waals surface area contributed by atoms with Crippen LogP contribution in [0.5, 0.6) is 5.75 Å². The molecule has 2 aromatic rings. The van der Waals surface area contributed by atoms with Crippen molar-refractivity contribution in [2.24, 2.45) is 0 Å². The Bertz CT molecular complexity index is 1040. The predicted molar refractivity (Wildman–Crippen MR) is 131 cm³/mol. The third-order valence-corrected chi connectivity index (χ3v) is 7.19. The minimum atomic E-state index is -0.518. The molecule has 2 aliphatic heterocycles. The van der Waals surface area contributed by atoms with E-state index >= 15 is 0 Å². The fourth-order valence-corrected chi connectivity index (χ4v) is 5.47. The standard InChI is InChI=1S/C27H33N3O5/c31-16-24-26-22(13-20(34-24)14-25(32)28-15-17-6-2-1-3-7-17)21-12-19(10-11-23(21)35-26)30-27(33)29-18-8-4-5-9-18/h1-3,6-7,10-12,18,20,22,24,26,31H,4-5,8-9,13-16H2,(H,28,32)(H2,29,30,33)/t20-,22+,24-,26-/m1/s1. The Morgan fingerprint density at radius 1 is 1.06 bits per heavy atom. The molecule has 4 N–H and O–H groups in total. The number of fused-ring (bicyclic) bond motifs is 3. The van der Waals surface area contributed by atoms with Crippen molar-refractivity contribution in [3.63, 3.8) is 0 Å². The van der Waals surface area contributed by atoms with Crippen molar-refractivity contribution in [1.82, 2.24) is 10.6 Å². The van der Waals surface area contributed by atoms with Crippen LogP contribution >= 0.6 is 0 Å². The molecule has 3 aliphatic rings. The lowest BCUT2D eigenvalue weighted by molar-refractivity contribution is -0.142. The molecule has 0 bridgehead atoms. The molecule has 1 saturated carbocycles. The zero-order valence-electron chi connectivity index (χ0n) is 19.7. The van der Waals surface area contributed by atoms with E-state index in [0.717, 1.165) is 42.6 Å². The van der Waals surface area contributed by atoms with Gasteiger partial charge in [0.1, 0.15) is 18.0 Å². The number of carbonyl (C=O) groups excluding carboxylic acids is 2. The Balaban J connectivity index is 1.22. The van der Waals surface area contributed by atoms with Crippen molar-refractivity contribution in [3.8, 4) is 5.75 Å². The SMILES string of the molecule is O=C(C[C@H]1C[C@H]2c3cc(NC(=O)NC4CCCC4)ccc3O[C@H]2[C@@H](CO)O1)NCc1ccccc1. The first-order chi connectivity index (χ1) is 17.1. The Labute approximate surface area is 205 Å². The molecule has 1 saturated heterocycles. The third-order valence-electron chi connectivity index (χ3n) is 7.19. The molecule has 35 heavy (non-hydrogen) atoms. The van der Waals surface area contributed by atoms with Crippen LogP contribution in [-0.2, 0) is 16.1 Å². The molecular weight excluding hydrogens is 446 g/mol. The molecule has 2 aromatic carbocycles. The lowest BCUT2D eigenvalue weighted by Crippen LogP contribution is -2.47. The molecule has 0 spiro atoms. The van der Waals surface area contributed by atoms with Crippen molar-refractivity contribution in [2.45, 2.75) is 75.3 Å². The fourth-order valence-electron chi connectivity index (χ4n) is 5.47. The molecule has 2 fully saturated rings. The number of aliphatic hydroxyl groups excluding tert-OH is 1. The number of urea groups is 1. The topological polar surface area (TPSA) is 109 Å². The Kier molecular flexibility index (Phi) is 7.20. The minimum Gasteiger partial charge on any atom is -0.487 e. The van der Waals surface area contributed by atoms with Gasteiger partial charge in [-0.2, -0.15) is 0 Å². The van der Waals surface area contributed by atoms with Gasteiger partial charge in [0.15, 0.2) is 0 Å². The van der Waals surface area contributed by atoms with E-state index < -0.39 is 6.10 Å². The third kappa shape index (κ3) is 5.60. The highest BCUT2D eigenvalue weighted by molar-refractivity contribution is 5.89. The van der Waals surface area contributed by atoms with Crippen molar-refractivity contribution in [1.29, 1.82) is 0 Å². The summed E-state index contributed by atoms with van der Waals surface area (Å²) in [6.07, 6.45) is 4.01. The molecule has 0 aromatic heterocycles. The van der Waals surface area contributed by atoms with Crippen LogP contribution in [-0.4, -0.2) is 48.0 Å². The van der Waals surface area contributed by atoms with Crippen molar-refractivity contribution < 1.29 is 24.2 Å². The van der Waals surface area contributed by atoms with Crippen molar-refractivity contribution in [2.75, 3.05) is 11.9 Å². The average Bonchev–Trinajstić information content (AvgIpc) is 3.50. The summed E-state index contributed by atoms with van der Waals surface area (Å²) >= 11 is 0. The summed E-state index contributed by atoms with van der Waals surface area (Å²) in [7, 11) is 0. The number of rotatable bonds is 7. The number of hydrogen-bond donors (Lipinski definition) is 4. The highest BCUT2D eigenvalue weighted by Gasteiger charge is 2.46. The normalized spacial score (nSPS) is 25.3. The smallest absolute Gasteiger partial charge is 0.319 e. The molecule has 2 heterocycles. The van der Waals surface area contributed by atoms with E-state index in [2.05, 4.69) is 16.0 Å². The van der Waals surface area contributed by atoms with E-state index in [-0.39, 0.29) is 49.1 Å². The second kappa shape index (κ2) is 10.7. The lowest BCUT2D eigenvalue weighted by Gasteiger charge is -2.37. The average molecular weight is 480 g/mol. The minimum absolute atomic E-state index is 0.0255. The molecular formula is C27H33N3O5. The van der Waals surface area contributed by atoms with E-state index in [1.54, 1.807) is 0 Å². The first-order valence-corrected chi connectivity index (χ1v) is 12.5. The maximum absolute atomic E-state index is 12.6. The molecule has 0 radical (unpaired) electrons. The maximum atomic E-state index is 12.6. The van der Waals surface area contributed by atoms with E-state index in [1.807, 2.05) is 48.5 Å². The Morgan fingerprint density at radius 2 is 1.86 bits per heavy atom. The quantitative estimate of drug-likeness (QED) is 0.486. The molecule has 8 nitrogen and oxygen atoms in total. The summed E-state index contributed by atoms with van der Waals surface area (Å²) in [6, 6.07) is 15.4. The van der Waals surface area contributed by atoms with E-state index in [1.165, 1.54) is 0 Å². The number of amides is 3. The fraction of sp³-hybridized carbons (Fsp3) is 0.481. The summed E-state index contributed by atoms with van der Waals surface area (Å²) in [5, 5.41) is 18.9. The lowest BCUT2D eigenvalue weighted by atomic mass is 9.84. The highest BCUT2D eigenvalue weighted by Crippen LogP contribution is 2.47. The van der Waals surface area contributed by atoms with Crippen LogP contribution < -0.4 is 20.7 Å². The van der Waals surface area contributed by atoms with Gasteiger partial charge in [0, 0.05) is 29.8 Å². The van der Waals surface area contributed by atoms with Gasteiger partial charge in [0.05, 0.1) is 19.1 Å². The van der Waals surface area contributed by atoms with Gasteiger partial charge in [-0.1, -0.05) is 43.2 Å². The number of carbonyl (C=O) groups is 2. The van der Waals surface area contributed by atoms with Gasteiger partial charge < -0.3 is 30.5 Å². The molecule has 186 valence electrons. The Hall–Kier alpha value is -3.10. The highest BCUT2D eigenvalue weighted by atomic mass is 16.6. The van der Waals surface area contributed by atoms with Crippen LogP contribution in [0.25, 0.3) is 0 Å². The van der Waals surface area contributed by atoms with Gasteiger partial charge in [-0.15, -0.1) is 0 Å². The van der Waals surface area contributed by atoms with Gasteiger partial charge in [0.25, 0.3) is 0 Å². The molecule has 4 atom stereocenters. The summed E-state index contributed by atoms with van der Waals surface area (Å²) < 4.78 is 12.2. The van der Waals surface area contributed by atoms with E-state index in [9.17, 15) is 14.7 Å².